The van der Waals surface area contributed by atoms with Gasteiger partial charge in [0.25, 0.3) is 0 Å². The van der Waals surface area contributed by atoms with Crippen molar-refractivity contribution < 1.29 is 26.4 Å². The zero-order valence-electron chi connectivity index (χ0n) is 16.4. The van der Waals surface area contributed by atoms with E-state index >= 15 is 0 Å². The summed E-state index contributed by atoms with van der Waals surface area (Å²) in [4.78, 5) is 3.39. The van der Waals surface area contributed by atoms with Crippen molar-refractivity contribution >= 4 is 0 Å². The monoisotopic (exact) mass is 440 g/mol. The minimum atomic E-state index is -4.50. The molecule has 0 amide bonds. The van der Waals surface area contributed by atoms with Crippen molar-refractivity contribution in [1.29, 1.82) is 0 Å². The maximum absolute atomic E-state index is 12.8. The van der Waals surface area contributed by atoms with E-state index in [0.717, 1.165) is 12.3 Å². The first-order valence-corrected chi connectivity index (χ1v) is 9.10. The number of allylic oxidation sites excluding steroid dienone is 1. The van der Waals surface area contributed by atoms with Gasteiger partial charge in [-0.1, -0.05) is 17.7 Å². The molecular formula is C18H26F6N6. The van der Waals surface area contributed by atoms with E-state index in [-0.39, 0.29) is 32.1 Å². The van der Waals surface area contributed by atoms with Gasteiger partial charge in [-0.2, -0.15) is 22.0 Å². The summed E-state index contributed by atoms with van der Waals surface area (Å²) in [7, 11) is 0. The highest BCUT2D eigenvalue weighted by Gasteiger charge is 2.32. The molecule has 0 aliphatic carbocycles. The van der Waals surface area contributed by atoms with E-state index < -0.39 is 24.3 Å². The summed E-state index contributed by atoms with van der Waals surface area (Å²) >= 11 is 0. The zero-order valence-corrected chi connectivity index (χ0v) is 16.4. The minimum Gasteiger partial charge on any atom is -0.381 e. The van der Waals surface area contributed by atoms with Crippen molar-refractivity contribution in [2.45, 2.75) is 44.6 Å². The summed E-state index contributed by atoms with van der Waals surface area (Å²) in [6, 6.07) is -1.70. The highest BCUT2D eigenvalue weighted by atomic mass is 19.4. The normalized spacial score (nSPS) is 14.5. The predicted molar refractivity (Wildman–Crippen MR) is 101 cm³/mol. The largest absolute Gasteiger partial charge is 0.433 e. The van der Waals surface area contributed by atoms with Crippen LogP contribution in [0.15, 0.2) is 42.3 Å². The van der Waals surface area contributed by atoms with Gasteiger partial charge in [-0.05, 0) is 37.1 Å². The van der Waals surface area contributed by atoms with Gasteiger partial charge >= 0.3 is 12.2 Å². The zero-order chi connectivity index (χ0) is 22.8. The predicted octanol–water partition coefficient (Wildman–Crippen LogP) is 3.00. The molecule has 0 bridgehead atoms. The van der Waals surface area contributed by atoms with Gasteiger partial charge in [0.1, 0.15) is 5.69 Å². The van der Waals surface area contributed by atoms with Gasteiger partial charge in [0.05, 0.1) is 0 Å². The standard InChI is InChI=1S/C18H26F6N6/c1-13(30(26)10-2-8-17(19,20)29-24)3-5-15(7-9-25)27-11-14-4-6-16(28-12-14)18(21,22)23/h3-7,12-13,27,29H,2,8-11,25-26H2,1H3/b5-3-,15-7+. The van der Waals surface area contributed by atoms with E-state index in [1.807, 2.05) is 0 Å². The highest BCUT2D eigenvalue weighted by Crippen LogP contribution is 2.27. The number of nitrogens with zero attached hydrogens (tertiary/aromatic N) is 2. The molecule has 1 atom stereocenters. The van der Waals surface area contributed by atoms with Crippen LogP contribution in [-0.2, 0) is 12.7 Å². The van der Waals surface area contributed by atoms with E-state index in [2.05, 4.69) is 10.3 Å². The number of halogens is 6. The molecule has 6 nitrogen and oxygen atoms in total. The lowest BCUT2D eigenvalue weighted by atomic mass is 10.2. The van der Waals surface area contributed by atoms with E-state index in [0.29, 0.717) is 16.8 Å². The second kappa shape index (κ2) is 11.9. The Labute approximate surface area is 170 Å². The van der Waals surface area contributed by atoms with Crippen LogP contribution in [-0.4, -0.2) is 35.2 Å². The molecule has 170 valence electrons. The smallest absolute Gasteiger partial charge is 0.381 e. The Balaban J connectivity index is 2.58. The number of hydrogen-bond donors (Lipinski definition) is 4. The molecule has 0 aliphatic heterocycles. The molecule has 0 aromatic carbocycles. The number of hydrazine groups is 1. The van der Waals surface area contributed by atoms with Crippen molar-refractivity contribution in [2.75, 3.05) is 13.1 Å². The third-order valence-electron chi connectivity index (χ3n) is 4.07. The molecule has 0 aliphatic rings. The topological polar surface area (TPSA) is 92.2 Å². The summed E-state index contributed by atoms with van der Waals surface area (Å²) in [5.74, 6) is 5.82. The quantitative estimate of drug-likeness (QED) is 0.0998. The van der Waals surface area contributed by atoms with Crippen LogP contribution in [0.25, 0.3) is 0 Å². The molecule has 0 saturated heterocycles. The number of pyridine rings is 1. The van der Waals surface area contributed by atoms with E-state index in [1.54, 1.807) is 25.2 Å². The molecule has 0 fully saturated rings. The van der Waals surface area contributed by atoms with Crippen LogP contribution in [0.1, 0.15) is 31.0 Å². The Bertz CT molecular complexity index is 689. The molecule has 1 unspecified atom stereocenters. The van der Waals surface area contributed by atoms with Gasteiger partial charge in [0.2, 0.25) is 0 Å². The van der Waals surface area contributed by atoms with Crippen LogP contribution >= 0.6 is 0 Å². The van der Waals surface area contributed by atoms with E-state index in [9.17, 15) is 26.4 Å². The first-order valence-electron chi connectivity index (χ1n) is 9.10. The molecule has 1 aromatic rings. The summed E-state index contributed by atoms with van der Waals surface area (Å²) in [5.41, 5.74) is 6.13. The van der Waals surface area contributed by atoms with Crippen LogP contribution < -0.4 is 22.4 Å². The maximum atomic E-state index is 12.8. The van der Waals surface area contributed by atoms with Gasteiger partial charge in [-0.15, -0.1) is 4.48 Å². The van der Waals surface area contributed by atoms with Crippen LogP contribution in [0.3, 0.4) is 0 Å². The fraction of sp³-hybridized carbons (Fsp3) is 0.500. The Morgan fingerprint density at radius 2 is 1.97 bits per heavy atom. The lowest BCUT2D eigenvalue weighted by molar-refractivity contribution is -0.141. The van der Waals surface area contributed by atoms with Crippen LogP contribution in [0, 0.1) is 0 Å². The Kier molecular flexibility index (Phi) is 10.3. The molecule has 0 spiro atoms. The first kappa shape index (κ1) is 25.9. The van der Waals surface area contributed by atoms with Crippen LogP contribution in [0.5, 0.6) is 0 Å². The van der Waals surface area contributed by atoms with Gasteiger partial charge in [-0.3, -0.25) is 10.8 Å². The van der Waals surface area contributed by atoms with Crippen molar-refractivity contribution in [1.82, 2.24) is 20.8 Å². The molecule has 12 heteroatoms. The van der Waals surface area contributed by atoms with Gasteiger partial charge in [-0.25, -0.2) is 5.01 Å². The summed E-state index contributed by atoms with van der Waals surface area (Å²) in [6.07, 6.45) is 0.943. The molecule has 1 heterocycles. The fourth-order valence-corrected chi connectivity index (χ4v) is 2.31. The Hall–Kier alpha value is -2.15. The van der Waals surface area contributed by atoms with Crippen LogP contribution in [0.2, 0.25) is 0 Å². The van der Waals surface area contributed by atoms with Crippen molar-refractivity contribution in [3.8, 4) is 0 Å². The lowest BCUT2D eigenvalue weighted by Gasteiger charge is -2.22. The molecule has 1 rings (SSSR count). The molecule has 1 aromatic heterocycles. The number of alkyl halides is 5. The second-order valence-corrected chi connectivity index (χ2v) is 6.54. The third kappa shape index (κ3) is 9.57. The van der Waals surface area contributed by atoms with Gasteiger partial charge in [0, 0.05) is 44.0 Å². The number of aromatic nitrogens is 1. The second-order valence-electron chi connectivity index (χ2n) is 6.54. The number of nitrogens with two attached hydrogens (primary N) is 2. The Morgan fingerprint density at radius 3 is 2.50 bits per heavy atom. The highest BCUT2D eigenvalue weighted by molar-refractivity contribution is 5.21. The minimum absolute atomic E-state index is 0.0245. The molecule has 30 heavy (non-hydrogen) atoms. The number of rotatable bonds is 12. The molecule has 0 saturated carbocycles. The molecular weight excluding hydrogens is 414 g/mol. The van der Waals surface area contributed by atoms with E-state index in [4.69, 9.17) is 11.6 Å². The SMILES string of the molecule is CC(/C=C\C(=C/CN)NCc1ccc(C(F)(F)F)nc1)N(N)CCCC(F)(F)NF. The Morgan fingerprint density at radius 1 is 1.27 bits per heavy atom. The van der Waals surface area contributed by atoms with Crippen molar-refractivity contribution in [3.05, 3.63) is 53.5 Å². The molecule has 0 radical (unpaired) electrons. The third-order valence-corrected chi connectivity index (χ3v) is 4.07. The van der Waals surface area contributed by atoms with Crippen molar-refractivity contribution in [3.63, 3.8) is 0 Å². The van der Waals surface area contributed by atoms with E-state index in [1.165, 1.54) is 11.1 Å². The maximum Gasteiger partial charge on any atom is 0.433 e. The average molecular weight is 440 g/mol. The number of nitrogens with one attached hydrogen (secondary N) is 2. The molecule has 6 N–H and O–H groups in total. The summed E-state index contributed by atoms with van der Waals surface area (Å²) in [5, 5.41) is 4.35. The van der Waals surface area contributed by atoms with Gasteiger partial charge in [0.15, 0.2) is 0 Å². The lowest BCUT2D eigenvalue weighted by Crippen LogP contribution is -2.40. The average Bonchev–Trinajstić information content (AvgIpc) is 2.69. The van der Waals surface area contributed by atoms with Crippen LogP contribution in [0.4, 0.5) is 26.4 Å². The fourth-order valence-electron chi connectivity index (χ4n) is 2.31. The number of hydrogen-bond acceptors (Lipinski definition) is 6. The van der Waals surface area contributed by atoms with Crippen molar-refractivity contribution in [2.24, 2.45) is 11.6 Å². The summed E-state index contributed by atoms with van der Waals surface area (Å²) < 4.78 is 75.1. The van der Waals surface area contributed by atoms with Gasteiger partial charge < -0.3 is 11.1 Å². The summed E-state index contributed by atoms with van der Waals surface area (Å²) in [6.45, 7) is 2.28. The first-order chi connectivity index (χ1) is 14.0.